The van der Waals surface area contributed by atoms with Crippen LogP contribution in [0.3, 0.4) is 0 Å². The molecule has 2 nitrogen and oxygen atoms in total. The van der Waals surface area contributed by atoms with Crippen molar-refractivity contribution >= 4 is 33.3 Å². The minimum Gasteiger partial charge on any atom is -0.292 e. The van der Waals surface area contributed by atoms with Crippen LogP contribution in [0.15, 0.2) is 47.1 Å². The molecule has 2 aromatic rings. The second-order valence-corrected chi connectivity index (χ2v) is 4.79. The molecule has 0 amide bonds. The van der Waals surface area contributed by atoms with Gasteiger partial charge in [-0.2, -0.15) is 0 Å². The van der Waals surface area contributed by atoms with Gasteiger partial charge in [0.1, 0.15) is 5.69 Å². The molecule has 0 saturated carbocycles. The molecule has 0 saturated heterocycles. The van der Waals surface area contributed by atoms with Gasteiger partial charge in [-0.15, -0.1) is 0 Å². The minimum atomic E-state index is -0.0504. The summed E-state index contributed by atoms with van der Waals surface area (Å²) >= 11 is 9.32. The van der Waals surface area contributed by atoms with E-state index in [0.717, 1.165) is 5.56 Å². The van der Waals surface area contributed by atoms with E-state index in [0.29, 0.717) is 15.2 Å². The summed E-state index contributed by atoms with van der Waals surface area (Å²) in [6, 6.07) is 10.9. The number of hydrogen-bond donors (Lipinski definition) is 0. The van der Waals surface area contributed by atoms with Gasteiger partial charge in [-0.05, 0) is 39.7 Å². The lowest BCUT2D eigenvalue weighted by molar-refractivity contribution is 0.0987. The van der Waals surface area contributed by atoms with Crippen LogP contribution in [-0.4, -0.2) is 10.8 Å². The Morgan fingerprint density at radius 3 is 2.71 bits per heavy atom. The van der Waals surface area contributed by atoms with Gasteiger partial charge >= 0.3 is 0 Å². The predicted octanol–water partition coefficient (Wildman–Crippen LogP) is 3.92. The first-order valence-electron chi connectivity index (χ1n) is 5.05. The van der Waals surface area contributed by atoms with Crippen molar-refractivity contribution in [2.24, 2.45) is 0 Å². The van der Waals surface area contributed by atoms with Crippen molar-refractivity contribution in [2.45, 2.75) is 6.42 Å². The lowest BCUT2D eigenvalue weighted by Gasteiger charge is -2.04. The van der Waals surface area contributed by atoms with E-state index in [1.165, 1.54) is 0 Å². The lowest BCUT2D eigenvalue weighted by atomic mass is 10.1. The second-order valence-electron chi connectivity index (χ2n) is 3.53. The molecule has 0 fully saturated rings. The maximum Gasteiger partial charge on any atom is 0.186 e. The van der Waals surface area contributed by atoms with Crippen LogP contribution in [0.2, 0.25) is 5.02 Å². The zero-order chi connectivity index (χ0) is 12.3. The SMILES string of the molecule is O=C(Cc1ccccc1Cl)c1ncccc1Br. The van der Waals surface area contributed by atoms with Crippen molar-refractivity contribution in [3.05, 3.63) is 63.3 Å². The molecule has 0 N–H and O–H groups in total. The molecule has 1 aromatic heterocycles. The fraction of sp³-hybridized carbons (Fsp3) is 0.0769. The number of hydrogen-bond acceptors (Lipinski definition) is 2. The van der Waals surface area contributed by atoms with E-state index >= 15 is 0 Å². The summed E-state index contributed by atoms with van der Waals surface area (Å²) in [5.41, 5.74) is 1.25. The van der Waals surface area contributed by atoms with Crippen molar-refractivity contribution in [1.82, 2.24) is 4.98 Å². The summed E-state index contributed by atoms with van der Waals surface area (Å²) in [4.78, 5) is 16.1. The van der Waals surface area contributed by atoms with E-state index in [9.17, 15) is 4.79 Å². The number of nitrogens with zero attached hydrogens (tertiary/aromatic N) is 1. The van der Waals surface area contributed by atoms with Gasteiger partial charge in [-0.25, -0.2) is 0 Å². The van der Waals surface area contributed by atoms with Gasteiger partial charge in [0, 0.05) is 22.1 Å². The van der Waals surface area contributed by atoms with E-state index in [1.807, 2.05) is 18.2 Å². The highest BCUT2D eigenvalue weighted by Crippen LogP contribution is 2.19. The molecule has 0 unspecified atom stereocenters. The predicted molar refractivity (Wildman–Crippen MR) is 71.4 cm³/mol. The number of aromatic nitrogens is 1. The molecule has 1 heterocycles. The van der Waals surface area contributed by atoms with Crippen molar-refractivity contribution in [2.75, 3.05) is 0 Å². The highest BCUT2D eigenvalue weighted by Gasteiger charge is 2.13. The summed E-state index contributed by atoms with van der Waals surface area (Å²) in [6.45, 7) is 0. The average Bonchev–Trinajstić information content (AvgIpc) is 2.32. The highest BCUT2D eigenvalue weighted by atomic mass is 79.9. The Hall–Kier alpha value is -1.19. The number of rotatable bonds is 3. The van der Waals surface area contributed by atoms with E-state index in [2.05, 4.69) is 20.9 Å². The van der Waals surface area contributed by atoms with Crippen LogP contribution >= 0.6 is 27.5 Å². The van der Waals surface area contributed by atoms with Crippen LogP contribution in [0.4, 0.5) is 0 Å². The van der Waals surface area contributed by atoms with Gasteiger partial charge in [0.05, 0.1) is 0 Å². The molecule has 1 aromatic carbocycles. The van der Waals surface area contributed by atoms with E-state index in [-0.39, 0.29) is 12.2 Å². The zero-order valence-electron chi connectivity index (χ0n) is 8.86. The van der Waals surface area contributed by atoms with Crippen molar-refractivity contribution in [1.29, 1.82) is 0 Å². The van der Waals surface area contributed by atoms with E-state index in [4.69, 9.17) is 11.6 Å². The third-order valence-electron chi connectivity index (χ3n) is 2.33. The van der Waals surface area contributed by atoms with Crippen LogP contribution in [0, 0.1) is 0 Å². The van der Waals surface area contributed by atoms with Crippen LogP contribution in [0.25, 0.3) is 0 Å². The topological polar surface area (TPSA) is 30.0 Å². The molecule has 0 aliphatic carbocycles. The molecule has 17 heavy (non-hydrogen) atoms. The number of carbonyl (C=O) groups excluding carboxylic acids is 1. The minimum absolute atomic E-state index is 0.0504. The number of carbonyl (C=O) groups is 1. The summed E-state index contributed by atoms with van der Waals surface area (Å²) in [5, 5.41) is 0.605. The summed E-state index contributed by atoms with van der Waals surface area (Å²) in [7, 11) is 0. The molecule has 0 radical (unpaired) electrons. The van der Waals surface area contributed by atoms with Gasteiger partial charge in [-0.3, -0.25) is 9.78 Å². The zero-order valence-corrected chi connectivity index (χ0v) is 11.2. The Morgan fingerprint density at radius 2 is 2.00 bits per heavy atom. The molecular weight excluding hydrogens is 302 g/mol. The Morgan fingerprint density at radius 1 is 1.24 bits per heavy atom. The normalized spacial score (nSPS) is 10.2. The van der Waals surface area contributed by atoms with Crippen molar-refractivity contribution in [3.63, 3.8) is 0 Å². The fourth-order valence-corrected chi connectivity index (χ4v) is 2.17. The van der Waals surface area contributed by atoms with Gasteiger partial charge in [0.2, 0.25) is 0 Å². The van der Waals surface area contributed by atoms with E-state index < -0.39 is 0 Å². The third kappa shape index (κ3) is 2.93. The van der Waals surface area contributed by atoms with Gasteiger partial charge in [0.15, 0.2) is 5.78 Å². The van der Waals surface area contributed by atoms with Gasteiger partial charge < -0.3 is 0 Å². The molecule has 0 aliphatic heterocycles. The Labute approximate surface area is 113 Å². The van der Waals surface area contributed by atoms with Crippen LogP contribution in [-0.2, 0) is 6.42 Å². The van der Waals surface area contributed by atoms with Crippen LogP contribution in [0.5, 0.6) is 0 Å². The van der Waals surface area contributed by atoms with Gasteiger partial charge in [-0.1, -0.05) is 29.8 Å². The summed E-state index contributed by atoms with van der Waals surface area (Å²) < 4.78 is 0.706. The average molecular weight is 311 g/mol. The van der Waals surface area contributed by atoms with Gasteiger partial charge in [0.25, 0.3) is 0 Å². The third-order valence-corrected chi connectivity index (χ3v) is 3.34. The molecule has 0 spiro atoms. The molecule has 86 valence electrons. The summed E-state index contributed by atoms with van der Waals surface area (Å²) in [5.74, 6) is -0.0504. The number of ketones is 1. The Kier molecular flexibility index (Phi) is 3.92. The number of benzene rings is 1. The molecule has 4 heteroatoms. The van der Waals surface area contributed by atoms with Crippen LogP contribution < -0.4 is 0 Å². The first-order chi connectivity index (χ1) is 8.18. The Bertz CT molecular complexity index is 557. The molecule has 2 rings (SSSR count). The first kappa shape index (κ1) is 12.3. The molecule has 0 bridgehead atoms. The highest BCUT2D eigenvalue weighted by molar-refractivity contribution is 9.10. The molecular formula is C13H9BrClNO. The maximum atomic E-state index is 12.0. The lowest BCUT2D eigenvalue weighted by Crippen LogP contribution is -2.07. The van der Waals surface area contributed by atoms with Crippen molar-refractivity contribution < 1.29 is 4.79 Å². The summed E-state index contributed by atoms with van der Waals surface area (Å²) in [6.07, 6.45) is 1.86. The van der Waals surface area contributed by atoms with Crippen LogP contribution in [0.1, 0.15) is 16.1 Å². The largest absolute Gasteiger partial charge is 0.292 e. The standard InChI is InChI=1S/C13H9BrClNO/c14-10-5-3-7-16-13(10)12(17)8-9-4-1-2-6-11(9)15/h1-7H,8H2. The monoisotopic (exact) mass is 309 g/mol. The number of halogens is 2. The van der Waals surface area contributed by atoms with Crippen molar-refractivity contribution in [3.8, 4) is 0 Å². The smallest absolute Gasteiger partial charge is 0.186 e. The second kappa shape index (κ2) is 5.43. The fourth-order valence-electron chi connectivity index (χ4n) is 1.49. The quantitative estimate of drug-likeness (QED) is 0.804. The van der Waals surface area contributed by atoms with E-state index in [1.54, 1.807) is 24.4 Å². The number of Topliss-reactive ketones (excluding diaryl/α,β-unsaturated/α-hetero) is 1. The maximum absolute atomic E-state index is 12.0. The first-order valence-corrected chi connectivity index (χ1v) is 6.22. The molecule has 0 aliphatic rings. The molecule has 0 atom stereocenters. The number of pyridine rings is 1. The Balaban J connectivity index is 2.24.